The van der Waals surface area contributed by atoms with Crippen LogP contribution in [0.5, 0.6) is 5.75 Å². The normalized spacial score (nSPS) is 12.4. The number of hydrogen-bond donors (Lipinski definition) is 1. The molecule has 4 nitrogen and oxygen atoms in total. The zero-order valence-corrected chi connectivity index (χ0v) is 11.8. The molecule has 0 fully saturated rings. The number of aryl methyl sites for hydroxylation is 2. The van der Waals surface area contributed by atoms with Crippen molar-refractivity contribution >= 4 is 0 Å². The van der Waals surface area contributed by atoms with E-state index in [4.69, 9.17) is 10.5 Å². The second-order valence-electron chi connectivity index (χ2n) is 4.70. The first kappa shape index (κ1) is 13.6. The number of methoxy groups -OCH3 is 1. The van der Waals surface area contributed by atoms with E-state index in [0.29, 0.717) is 0 Å². The molecule has 2 rings (SSSR count). The van der Waals surface area contributed by atoms with E-state index in [1.165, 1.54) is 5.56 Å². The molecule has 0 aliphatic carbocycles. The third-order valence-electron chi connectivity index (χ3n) is 3.30. The topological polar surface area (TPSA) is 53.1 Å². The highest BCUT2D eigenvalue weighted by molar-refractivity contribution is 5.30. The van der Waals surface area contributed by atoms with E-state index in [9.17, 15) is 0 Å². The minimum absolute atomic E-state index is 0.0510. The van der Waals surface area contributed by atoms with E-state index in [-0.39, 0.29) is 6.04 Å². The summed E-state index contributed by atoms with van der Waals surface area (Å²) in [7, 11) is 3.62. The highest BCUT2D eigenvalue weighted by atomic mass is 16.5. The number of nitrogens with two attached hydrogens (primary N) is 1. The van der Waals surface area contributed by atoms with Crippen molar-refractivity contribution in [1.29, 1.82) is 0 Å². The van der Waals surface area contributed by atoms with Crippen LogP contribution >= 0.6 is 0 Å². The lowest BCUT2D eigenvalue weighted by atomic mass is 10.0. The average molecular weight is 259 g/mol. The molecule has 0 amide bonds. The van der Waals surface area contributed by atoms with Crippen molar-refractivity contribution in [1.82, 2.24) is 9.78 Å². The molecule has 19 heavy (non-hydrogen) atoms. The molecular formula is C15H21N3O. The Morgan fingerprint density at radius 1 is 1.37 bits per heavy atom. The summed E-state index contributed by atoms with van der Waals surface area (Å²) in [5, 5.41) is 4.44. The number of ether oxygens (including phenoxy) is 1. The van der Waals surface area contributed by atoms with Crippen molar-refractivity contribution in [2.75, 3.05) is 7.11 Å². The smallest absolute Gasteiger partial charge is 0.119 e. The fourth-order valence-electron chi connectivity index (χ4n) is 2.22. The molecule has 0 saturated carbocycles. The summed E-state index contributed by atoms with van der Waals surface area (Å²) in [6.45, 7) is 2.10. The Hall–Kier alpha value is -1.81. The van der Waals surface area contributed by atoms with Crippen LogP contribution in [0.3, 0.4) is 0 Å². The predicted molar refractivity (Wildman–Crippen MR) is 76.2 cm³/mol. The van der Waals surface area contributed by atoms with Crippen LogP contribution in [-0.2, 0) is 19.9 Å². The molecule has 0 radical (unpaired) electrons. The van der Waals surface area contributed by atoms with Crippen molar-refractivity contribution in [3.05, 3.63) is 47.3 Å². The maximum Gasteiger partial charge on any atom is 0.119 e. The maximum atomic E-state index is 6.29. The van der Waals surface area contributed by atoms with Gasteiger partial charge in [0.25, 0.3) is 0 Å². The second-order valence-corrected chi connectivity index (χ2v) is 4.70. The van der Waals surface area contributed by atoms with E-state index < -0.39 is 0 Å². The standard InChI is InChI=1S/C15H21N3O/c1-4-12-10-15(18(2)17-12)14(16)9-11-6-5-7-13(8-11)19-3/h5-8,10,14H,4,9,16H2,1-3H3. The fourth-order valence-corrected chi connectivity index (χ4v) is 2.22. The minimum Gasteiger partial charge on any atom is -0.497 e. The Morgan fingerprint density at radius 2 is 2.16 bits per heavy atom. The summed E-state index contributed by atoms with van der Waals surface area (Å²) in [6, 6.07) is 10.1. The summed E-state index contributed by atoms with van der Waals surface area (Å²) < 4.78 is 7.11. The largest absolute Gasteiger partial charge is 0.497 e. The summed E-state index contributed by atoms with van der Waals surface area (Å²) in [6.07, 6.45) is 1.71. The van der Waals surface area contributed by atoms with Crippen LogP contribution in [-0.4, -0.2) is 16.9 Å². The molecule has 2 aromatic rings. The van der Waals surface area contributed by atoms with Crippen LogP contribution in [0, 0.1) is 0 Å². The summed E-state index contributed by atoms with van der Waals surface area (Å²) in [5.74, 6) is 0.865. The number of hydrogen-bond acceptors (Lipinski definition) is 3. The highest BCUT2D eigenvalue weighted by Crippen LogP contribution is 2.20. The Bertz CT molecular complexity index is 548. The Morgan fingerprint density at radius 3 is 2.79 bits per heavy atom. The molecule has 2 N–H and O–H groups in total. The monoisotopic (exact) mass is 259 g/mol. The predicted octanol–water partition coefficient (Wildman–Crippen LogP) is 2.23. The molecule has 0 bridgehead atoms. The van der Waals surface area contributed by atoms with Gasteiger partial charge in [-0.15, -0.1) is 0 Å². The van der Waals surface area contributed by atoms with Gasteiger partial charge in [0.15, 0.2) is 0 Å². The fraction of sp³-hybridized carbons (Fsp3) is 0.400. The van der Waals surface area contributed by atoms with E-state index in [2.05, 4.69) is 24.2 Å². The van der Waals surface area contributed by atoms with E-state index in [0.717, 1.165) is 30.0 Å². The first-order valence-electron chi connectivity index (χ1n) is 6.55. The number of rotatable bonds is 5. The third kappa shape index (κ3) is 3.15. The zero-order chi connectivity index (χ0) is 13.8. The van der Waals surface area contributed by atoms with Gasteiger partial charge in [-0.2, -0.15) is 5.10 Å². The molecule has 1 aromatic carbocycles. The highest BCUT2D eigenvalue weighted by Gasteiger charge is 2.13. The number of nitrogens with zero attached hydrogens (tertiary/aromatic N) is 2. The van der Waals surface area contributed by atoms with Gasteiger partial charge in [-0.1, -0.05) is 19.1 Å². The van der Waals surface area contributed by atoms with Crippen molar-refractivity contribution in [2.45, 2.75) is 25.8 Å². The van der Waals surface area contributed by atoms with E-state index >= 15 is 0 Å². The van der Waals surface area contributed by atoms with Crippen molar-refractivity contribution in [3.8, 4) is 5.75 Å². The molecule has 0 saturated heterocycles. The van der Waals surface area contributed by atoms with Crippen LogP contribution in [0.25, 0.3) is 0 Å². The first-order chi connectivity index (χ1) is 9.13. The SMILES string of the molecule is CCc1cc(C(N)Cc2cccc(OC)c2)n(C)n1. The summed E-state index contributed by atoms with van der Waals surface area (Å²) >= 11 is 0. The van der Waals surface area contributed by atoms with Crippen molar-refractivity contribution in [3.63, 3.8) is 0 Å². The molecular weight excluding hydrogens is 238 g/mol. The number of aromatic nitrogens is 2. The quantitative estimate of drug-likeness (QED) is 0.896. The molecule has 0 aliphatic rings. The summed E-state index contributed by atoms with van der Waals surface area (Å²) in [5.41, 5.74) is 9.61. The van der Waals surface area contributed by atoms with Gasteiger partial charge in [0.1, 0.15) is 5.75 Å². The molecule has 1 heterocycles. The Balaban J connectivity index is 2.15. The van der Waals surface area contributed by atoms with Gasteiger partial charge >= 0.3 is 0 Å². The van der Waals surface area contributed by atoms with Crippen LogP contribution in [0.4, 0.5) is 0 Å². The van der Waals surface area contributed by atoms with Gasteiger partial charge in [-0.05, 0) is 36.6 Å². The minimum atomic E-state index is -0.0510. The van der Waals surface area contributed by atoms with Gasteiger partial charge in [0.05, 0.1) is 24.5 Å². The van der Waals surface area contributed by atoms with Crippen LogP contribution in [0.15, 0.2) is 30.3 Å². The lowest BCUT2D eigenvalue weighted by Gasteiger charge is -2.12. The van der Waals surface area contributed by atoms with Gasteiger partial charge in [0, 0.05) is 7.05 Å². The number of benzene rings is 1. The van der Waals surface area contributed by atoms with Gasteiger partial charge in [-0.3, -0.25) is 4.68 Å². The third-order valence-corrected chi connectivity index (χ3v) is 3.30. The summed E-state index contributed by atoms with van der Waals surface area (Å²) in [4.78, 5) is 0. The van der Waals surface area contributed by atoms with E-state index in [1.54, 1.807) is 7.11 Å². The van der Waals surface area contributed by atoms with Gasteiger partial charge in [0.2, 0.25) is 0 Å². The molecule has 0 spiro atoms. The lowest BCUT2D eigenvalue weighted by molar-refractivity contribution is 0.414. The lowest BCUT2D eigenvalue weighted by Crippen LogP contribution is -2.17. The maximum absolute atomic E-state index is 6.29. The van der Waals surface area contributed by atoms with Crippen LogP contribution in [0.2, 0.25) is 0 Å². The Kier molecular flexibility index (Phi) is 4.22. The van der Waals surface area contributed by atoms with Crippen LogP contribution in [0.1, 0.15) is 29.9 Å². The van der Waals surface area contributed by atoms with Crippen LogP contribution < -0.4 is 10.5 Å². The first-order valence-corrected chi connectivity index (χ1v) is 6.55. The molecule has 1 unspecified atom stereocenters. The second kappa shape index (κ2) is 5.89. The van der Waals surface area contributed by atoms with Gasteiger partial charge in [-0.25, -0.2) is 0 Å². The van der Waals surface area contributed by atoms with E-state index in [1.807, 2.05) is 29.9 Å². The molecule has 1 aromatic heterocycles. The van der Waals surface area contributed by atoms with Crippen molar-refractivity contribution < 1.29 is 4.74 Å². The molecule has 1 atom stereocenters. The molecule has 0 aliphatic heterocycles. The van der Waals surface area contributed by atoms with Crippen molar-refractivity contribution in [2.24, 2.45) is 12.8 Å². The Labute approximate surface area is 114 Å². The zero-order valence-electron chi connectivity index (χ0n) is 11.8. The average Bonchev–Trinajstić information content (AvgIpc) is 2.80. The molecule has 4 heteroatoms. The van der Waals surface area contributed by atoms with Gasteiger partial charge < -0.3 is 10.5 Å². The molecule has 102 valence electrons.